The molecule has 0 aromatic rings. The second kappa shape index (κ2) is 6.31. The maximum Gasteiger partial charge on any atom is -0.0220 e. The predicted molar refractivity (Wildman–Crippen MR) is 106 cm³/mol. The molecule has 0 aromatic carbocycles. The summed E-state index contributed by atoms with van der Waals surface area (Å²) in [5.41, 5.74) is 1.25. The van der Waals surface area contributed by atoms with Crippen LogP contribution >= 0.6 is 0 Å². The van der Waals surface area contributed by atoms with E-state index in [1.165, 1.54) is 38.5 Å². The molecule has 8 atom stereocenters. The molecule has 0 spiro atoms. The Bertz CT molecular complexity index is 440. The molecule has 0 N–H and O–H groups in total. The highest BCUT2D eigenvalue weighted by Gasteiger charge is 2.63. The van der Waals surface area contributed by atoms with Gasteiger partial charge in [-0.1, -0.05) is 68.2 Å². The van der Waals surface area contributed by atoms with Crippen LogP contribution in [0.3, 0.4) is 0 Å². The Balaban J connectivity index is 1.75. The summed E-state index contributed by atoms with van der Waals surface area (Å²) >= 11 is 0. The second-order valence-electron chi connectivity index (χ2n) is 11.3. The van der Waals surface area contributed by atoms with Crippen molar-refractivity contribution in [2.75, 3.05) is 0 Å². The SMILES string of the molecule is CCCC1CC(C)(C)CC1C1C(C)C1C(C)C1(C(C)C)CCC1C. The van der Waals surface area contributed by atoms with Crippen molar-refractivity contribution in [1.82, 2.24) is 0 Å². The normalized spacial score (nSPS) is 48.4. The van der Waals surface area contributed by atoms with Crippen LogP contribution in [0.1, 0.15) is 93.9 Å². The van der Waals surface area contributed by atoms with Gasteiger partial charge in [-0.15, -0.1) is 0 Å². The van der Waals surface area contributed by atoms with Crippen molar-refractivity contribution < 1.29 is 0 Å². The van der Waals surface area contributed by atoms with Gasteiger partial charge in [0.25, 0.3) is 0 Å². The first-order valence-corrected chi connectivity index (χ1v) is 11.2. The minimum Gasteiger partial charge on any atom is -0.0654 e. The Morgan fingerprint density at radius 2 is 1.71 bits per heavy atom. The first-order chi connectivity index (χ1) is 11.2. The van der Waals surface area contributed by atoms with Crippen LogP contribution in [0.2, 0.25) is 0 Å². The number of rotatable bonds is 6. The van der Waals surface area contributed by atoms with Crippen LogP contribution in [0.15, 0.2) is 0 Å². The molecule has 0 saturated heterocycles. The summed E-state index contributed by atoms with van der Waals surface area (Å²) in [6.45, 7) is 20.3. The molecule has 0 aromatic heterocycles. The van der Waals surface area contributed by atoms with E-state index in [1.54, 1.807) is 0 Å². The summed E-state index contributed by atoms with van der Waals surface area (Å²) in [5.74, 6) is 7.85. The van der Waals surface area contributed by atoms with Gasteiger partial charge in [0.2, 0.25) is 0 Å². The van der Waals surface area contributed by atoms with E-state index >= 15 is 0 Å². The molecule has 0 heterocycles. The molecule has 0 heteroatoms. The smallest absolute Gasteiger partial charge is 0.0220 e. The molecular formula is C24H44. The molecule has 3 fully saturated rings. The molecule has 0 aliphatic heterocycles. The van der Waals surface area contributed by atoms with Gasteiger partial charge < -0.3 is 0 Å². The lowest BCUT2D eigenvalue weighted by Gasteiger charge is -2.56. The quantitative estimate of drug-likeness (QED) is 0.474. The monoisotopic (exact) mass is 332 g/mol. The third-order valence-electron chi connectivity index (χ3n) is 9.31. The van der Waals surface area contributed by atoms with Crippen LogP contribution in [0.25, 0.3) is 0 Å². The largest absolute Gasteiger partial charge is 0.0654 e. The maximum atomic E-state index is 2.64. The number of hydrogen-bond donors (Lipinski definition) is 0. The van der Waals surface area contributed by atoms with E-state index in [-0.39, 0.29) is 0 Å². The molecule has 24 heavy (non-hydrogen) atoms. The average molecular weight is 333 g/mol. The molecule has 3 rings (SSSR count). The first-order valence-electron chi connectivity index (χ1n) is 11.2. The van der Waals surface area contributed by atoms with E-state index < -0.39 is 0 Å². The van der Waals surface area contributed by atoms with Crippen LogP contribution in [0, 0.1) is 58.2 Å². The lowest BCUT2D eigenvalue weighted by atomic mass is 9.49. The Morgan fingerprint density at radius 3 is 2.17 bits per heavy atom. The molecular weight excluding hydrogens is 288 g/mol. The Labute approximate surface area is 152 Å². The maximum absolute atomic E-state index is 2.64. The summed E-state index contributed by atoms with van der Waals surface area (Å²) in [4.78, 5) is 0. The van der Waals surface area contributed by atoms with Crippen molar-refractivity contribution in [3.8, 4) is 0 Å². The van der Waals surface area contributed by atoms with Crippen molar-refractivity contribution in [2.45, 2.75) is 93.9 Å². The number of hydrogen-bond acceptors (Lipinski definition) is 0. The zero-order valence-electron chi connectivity index (χ0n) is 17.9. The predicted octanol–water partition coefficient (Wildman–Crippen LogP) is 7.43. The molecule has 0 nitrogen and oxygen atoms in total. The van der Waals surface area contributed by atoms with Crippen LogP contribution in [-0.4, -0.2) is 0 Å². The highest BCUT2D eigenvalue weighted by Crippen LogP contribution is 2.69. The fourth-order valence-electron chi connectivity index (χ4n) is 8.06. The van der Waals surface area contributed by atoms with E-state index in [4.69, 9.17) is 0 Å². The van der Waals surface area contributed by atoms with Crippen LogP contribution in [0.5, 0.6) is 0 Å². The Kier molecular flexibility index (Phi) is 4.94. The lowest BCUT2D eigenvalue weighted by Crippen LogP contribution is -2.49. The van der Waals surface area contributed by atoms with Gasteiger partial charge in [0, 0.05) is 0 Å². The third kappa shape index (κ3) is 2.79. The van der Waals surface area contributed by atoms with Gasteiger partial charge in [-0.2, -0.15) is 0 Å². The molecule has 0 bridgehead atoms. The summed E-state index contributed by atoms with van der Waals surface area (Å²) in [5, 5.41) is 0. The molecule has 8 unspecified atom stereocenters. The van der Waals surface area contributed by atoms with Gasteiger partial charge in [0.1, 0.15) is 0 Å². The Morgan fingerprint density at radius 1 is 1.04 bits per heavy atom. The van der Waals surface area contributed by atoms with Crippen LogP contribution < -0.4 is 0 Å². The van der Waals surface area contributed by atoms with Crippen LogP contribution in [-0.2, 0) is 0 Å². The van der Waals surface area contributed by atoms with Gasteiger partial charge in [0.05, 0.1) is 0 Å². The highest BCUT2D eigenvalue weighted by molar-refractivity contribution is 5.11. The summed E-state index contributed by atoms with van der Waals surface area (Å²) < 4.78 is 0. The summed E-state index contributed by atoms with van der Waals surface area (Å²) in [7, 11) is 0. The highest BCUT2D eigenvalue weighted by atomic mass is 14.7. The molecule has 140 valence electrons. The van der Waals surface area contributed by atoms with Gasteiger partial charge in [-0.05, 0) is 83.9 Å². The Hall–Kier alpha value is 0. The van der Waals surface area contributed by atoms with Crippen LogP contribution in [0.4, 0.5) is 0 Å². The molecule has 0 amide bonds. The fraction of sp³-hybridized carbons (Fsp3) is 1.00. The molecule has 3 saturated carbocycles. The first kappa shape index (κ1) is 18.8. The topological polar surface area (TPSA) is 0 Å². The zero-order valence-corrected chi connectivity index (χ0v) is 17.9. The summed E-state index contributed by atoms with van der Waals surface area (Å²) in [6, 6.07) is 0. The third-order valence-corrected chi connectivity index (χ3v) is 9.31. The molecule has 3 aliphatic carbocycles. The van der Waals surface area contributed by atoms with Gasteiger partial charge >= 0.3 is 0 Å². The van der Waals surface area contributed by atoms with Crippen molar-refractivity contribution in [1.29, 1.82) is 0 Å². The van der Waals surface area contributed by atoms with Crippen molar-refractivity contribution >= 4 is 0 Å². The minimum atomic E-state index is 0.597. The fourth-order valence-corrected chi connectivity index (χ4v) is 8.06. The van der Waals surface area contributed by atoms with E-state index in [2.05, 4.69) is 55.4 Å². The standard InChI is InChI=1S/C24H44/c1-9-10-19-13-23(7,8)14-20(19)22-17(5)21(22)18(6)24(15(2)3)12-11-16(24)4/h15-22H,9-14H2,1-8H3. The lowest BCUT2D eigenvalue weighted by molar-refractivity contribution is -0.0716. The van der Waals surface area contributed by atoms with E-state index in [9.17, 15) is 0 Å². The van der Waals surface area contributed by atoms with E-state index in [0.29, 0.717) is 10.8 Å². The van der Waals surface area contributed by atoms with Crippen molar-refractivity contribution in [2.24, 2.45) is 58.2 Å². The average Bonchev–Trinajstić information content (AvgIpc) is 3.03. The summed E-state index contributed by atoms with van der Waals surface area (Å²) in [6.07, 6.45) is 8.82. The second-order valence-corrected chi connectivity index (χ2v) is 11.3. The minimum absolute atomic E-state index is 0.597. The van der Waals surface area contributed by atoms with Gasteiger partial charge in [-0.3, -0.25) is 0 Å². The van der Waals surface area contributed by atoms with E-state index in [1.807, 2.05) is 0 Å². The molecule has 0 radical (unpaired) electrons. The van der Waals surface area contributed by atoms with Gasteiger partial charge in [0.15, 0.2) is 0 Å². The van der Waals surface area contributed by atoms with Gasteiger partial charge in [-0.25, -0.2) is 0 Å². The van der Waals surface area contributed by atoms with Crippen molar-refractivity contribution in [3.05, 3.63) is 0 Å². The zero-order chi connectivity index (χ0) is 17.9. The molecule has 3 aliphatic rings. The van der Waals surface area contributed by atoms with Crippen molar-refractivity contribution in [3.63, 3.8) is 0 Å². The van der Waals surface area contributed by atoms with E-state index in [0.717, 1.165) is 47.3 Å².